The highest BCUT2D eigenvalue weighted by atomic mass is 16.5. The van der Waals surface area contributed by atoms with E-state index in [1.54, 1.807) is 0 Å². The Kier molecular flexibility index (Phi) is 4.19. The van der Waals surface area contributed by atoms with Crippen LogP contribution >= 0.6 is 0 Å². The fourth-order valence-electron chi connectivity index (χ4n) is 2.38. The van der Waals surface area contributed by atoms with E-state index in [-0.39, 0.29) is 5.60 Å². The van der Waals surface area contributed by atoms with Crippen LogP contribution in [0.5, 0.6) is 0 Å². The first-order valence-electron chi connectivity index (χ1n) is 6.65. The number of rotatable bonds is 4. The summed E-state index contributed by atoms with van der Waals surface area (Å²) in [5.41, 5.74) is 1.22. The van der Waals surface area contributed by atoms with E-state index < -0.39 is 0 Å². The fourth-order valence-corrected chi connectivity index (χ4v) is 2.38. The molecule has 0 aliphatic carbocycles. The molecule has 1 aliphatic heterocycles. The third-order valence-corrected chi connectivity index (χ3v) is 3.13. The molecule has 0 aromatic carbocycles. The summed E-state index contributed by atoms with van der Waals surface area (Å²) in [6, 6.07) is 4.15. The highest BCUT2D eigenvalue weighted by Crippen LogP contribution is 2.20. The van der Waals surface area contributed by atoms with Gasteiger partial charge in [0.05, 0.1) is 12.2 Å². The van der Waals surface area contributed by atoms with Crippen LogP contribution in [0.25, 0.3) is 0 Å². The van der Waals surface area contributed by atoms with Gasteiger partial charge in [-0.25, -0.2) is 4.98 Å². The van der Waals surface area contributed by atoms with E-state index in [4.69, 9.17) is 4.74 Å². The fraction of sp³-hybridized carbons (Fsp3) is 0.643. The number of aromatic nitrogens is 1. The summed E-state index contributed by atoms with van der Waals surface area (Å²) in [6.45, 7) is 11.0. The van der Waals surface area contributed by atoms with Gasteiger partial charge in [-0.05, 0) is 26.8 Å². The van der Waals surface area contributed by atoms with Crippen LogP contribution in [0, 0.1) is 0 Å². The predicted molar refractivity (Wildman–Crippen MR) is 73.7 cm³/mol. The van der Waals surface area contributed by atoms with E-state index in [0.29, 0.717) is 0 Å². The Morgan fingerprint density at radius 1 is 1.50 bits per heavy atom. The molecule has 100 valence electrons. The Morgan fingerprint density at radius 2 is 2.33 bits per heavy atom. The van der Waals surface area contributed by atoms with Crippen molar-refractivity contribution in [2.75, 3.05) is 31.6 Å². The van der Waals surface area contributed by atoms with E-state index in [1.807, 2.05) is 12.3 Å². The minimum absolute atomic E-state index is 0.0429. The topological polar surface area (TPSA) is 37.4 Å². The molecule has 4 heteroatoms. The van der Waals surface area contributed by atoms with E-state index in [0.717, 1.165) is 38.6 Å². The summed E-state index contributed by atoms with van der Waals surface area (Å²) in [7, 11) is 0. The summed E-state index contributed by atoms with van der Waals surface area (Å²) < 4.78 is 5.74. The quantitative estimate of drug-likeness (QED) is 0.887. The number of hydrogen-bond acceptors (Lipinski definition) is 4. The zero-order valence-corrected chi connectivity index (χ0v) is 11.6. The van der Waals surface area contributed by atoms with Crippen LogP contribution in [0.1, 0.15) is 26.3 Å². The predicted octanol–water partition coefficient (Wildman–Crippen LogP) is 2.12. The summed E-state index contributed by atoms with van der Waals surface area (Å²) in [4.78, 5) is 6.83. The number of morpholine rings is 1. The molecule has 2 heterocycles. The molecule has 0 spiro atoms. The van der Waals surface area contributed by atoms with Crippen molar-refractivity contribution in [1.82, 2.24) is 9.88 Å². The minimum Gasteiger partial charge on any atom is -0.373 e. The summed E-state index contributed by atoms with van der Waals surface area (Å²) in [5.74, 6) is 1.00. The zero-order chi connectivity index (χ0) is 13.0. The van der Waals surface area contributed by atoms with Crippen molar-refractivity contribution in [1.29, 1.82) is 0 Å². The van der Waals surface area contributed by atoms with Crippen molar-refractivity contribution in [2.45, 2.75) is 32.9 Å². The molecule has 1 aromatic heterocycles. The molecule has 1 aliphatic rings. The van der Waals surface area contributed by atoms with Crippen LogP contribution in [-0.2, 0) is 11.3 Å². The van der Waals surface area contributed by atoms with Crippen LogP contribution < -0.4 is 5.32 Å². The molecule has 18 heavy (non-hydrogen) atoms. The lowest BCUT2D eigenvalue weighted by atomic mass is 10.1. The average molecular weight is 249 g/mol. The lowest BCUT2D eigenvalue weighted by Crippen LogP contribution is -2.47. The van der Waals surface area contributed by atoms with Gasteiger partial charge in [0.2, 0.25) is 0 Å². The number of nitrogens with zero attached hydrogens (tertiary/aromatic N) is 2. The molecule has 0 saturated carbocycles. The molecule has 1 aromatic rings. The Labute approximate surface area is 109 Å². The molecule has 1 fully saturated rings. The number of nitrogens with one attached hydrogen (secondary N) is 1. The lowest BCUT2D eigenvalue weighted by Gasteiger charge is -2.38. The largest absolute Gasteiger partial charge is 0.373 e. The maximum atomic E-state index is 5.74. The molecular formula is C14H23N3O. The Morgan fingerprint density at radius 3 is 3.06 bits per heavy atom. The van der Waals surface area contributed by atoms with Crippen molar-refractivity contribution >= 4 is 5.82 Å². The second-order valence-electron chi connectivity index (χ2n) is 5.36. The van der Waals surface area contributed by atoms with Gasteiger partial charge in [0.25, 0.3) is 0 Å². The minimum atomic E-state index is -0.0429. The molecule has 4 nitrogen and oxygen atoms in total. The van der Waals surface area contributed by atoms with Gasteiger partial charge >= 0.3 is 0 Å². The second-order valence-corrected chi connectivity index (χ2v) is 5.36. The molecule has 1 saturated heterocycles. The first-order valence-corrected chi connectivity index (χ1v) is 6.65. The average Bonchev–Trinajstić information content (AvgIpc) is 2.31. The summed E-state index contributed by atoms with van der Waals surface area (Å²) in [5, 5.41) is 3.32. The lowest BCUT2D eigenvalue weighted by molar-refractivity contribution is -0.0882. The Bertz CT molecular complexity index is 392. The van der Waals surface area contributed by atoms with Crippen LogP contribution in [0.3, 0.4) is 0 Å². The number of ether oxygens (including phenoxy) is 1. The van der Waals surface area contributed by atoms with Gasteiger partial charge in [-0.2, -0.15) is 0 Å². The molecule has 1 N–H and O–H groups in total. The Balaban J connectivity index is 2.04. The first-order chi connectivity index (χ1) is 8.61. The molecule has 0 amide bonds. The van der Waals surface area contributed by atoms with Gasteiger partial charge in [0.1, 0.15) is 5.82 Å². The highest BCUT2D eigenvalue weighted by molar-refractivity contribution is 5.43. The van der Waals surface area contributed by atoms with E-state index in [2.05, 4.69) is 42.0 Å². The number of hydrogen-bond donors (Lipinski definition) is 1. The monoisotopic (exact) mass is 249 g/mol. The van der Waals surface area contributed by atoms with Gasteiger partial charge in [-0.15, -0.1) is 0 Å². The van der Waals surface area contributed by atoms with E-state index in [9.17, 15) is 0 Å². The van der Waals surface area contributed by atoms with E-state index >= 15 is 0 Å². The van der Waals surface area contributed by atoms with Gasteiger partial charge < -0.3 is 10.1 Å². The van der Waals surface area contributed by atoms with Gasteiger partial charge in [0.15, 0.2) is 0 Å². The zero-order valence-electron chi connectivity index (χ0n) is 11.6. The van der Waals surface area contributed by atoms with Gasteiger partial charge in [-0.1, -0.05) is 6.07 Å². The van der Waals surface area contributed by atoms with Crippen LogP contribution in [0.2, 0.25) is 0 Å². The number of anilines is 1. The molecule has 0 bridgehead atoms. The smallest absolute Gasteiger partial charge is 0.130 e. The molecule has 0 radical (unpaired) electrons. The van der Waals surface area contributed by atoms with E-state index in [1.165, 1.54) is 5.56 Å². The first kappa shape index (κ1) is 13.3. The van der Waals surface area contributed by atoms with Gasteiger partial charge in [-0.3, -0.25) is 4.90 Å². The summed E-state index contributed by atoms with van der Waals surface area (Å²) >= 11 is 0. The van der Waals surface area contributed by atoms with Crippen LogP contribution in [-0.4, -0.2) is 41.7 Å². The van der Waals surface area contributed by atoms with Crippen molar-refractivity contribution < 1.29 is 4.74 Å². The summed E-state index contributed by atoms with van der Waals surface area (Å²) in [6.07, 6.45) is 1.84. The van der Waals surface area contributed by atoms with Crippen molar-refractivity contribution in [3.8, 4) is 0 Å². The highest BCUT2D eigenvalue weighted by Gasteiger charge is 2.27. The second kappa shape index (κ2) is 5.67. The third-order valence-electron chi connectivity index (χ3n) is 3.13. The molecule has 0 unspecified atom stereocenters. The van der Waals surface area contributed by atoms with Crippen LogP contribution in [0.15, 0.2) is 18.3 Å². The van der Waals surface area contributed by atoms with Gasteiger partial charge in [0, 0.05) is 37.9 Å². The molecule has 0 atom stereocenters. The third kappa shape index (κ3) is 3.43. The Hall–Kier alpha value is -1.13. The number of pyridine rings is 1. The SMILES string of the molecule is CCNc1ncccc1CN1CCOC(C)(C)C1. The van der Waals surface area contributed by atoms with Crippen molar-refractivity contribution in [3.63, 3.8) is 0 Å². The molecular weight excluding hydrogens is 226 g/mol. The van der Waals surface area contributed by atoms with Crippen molar-refractivity contribution in [2.24, 2.45) is 0 Å². The normalized spacial score (nSPS) is 19.7. The molecule has 2 rings (SSSR count). The van der Waals surface area contributed by atoms with Crippen LogP contribution in [0.4, 0.5) is 5.82 Å². The maximum Gasteiger partial charge on any atom is 0.130 e. The van der Waals surface area contributed by atoms with Crippen molar-refractivity contribution in [3.05, 3.63) is 23.9 Å². The standard InChI is InChI=1S/C14H23N3O/c1-4-15-13-12(6-5-7-16-13)10-17-8-9-18-14(2,3)11-17/h5-7H,4,8-11H2,1-3H3,(H,15,16). The maximum absolute atomic E-state index is 5.74.